The van der Waals surface area contributed by atoms with Crippen LogP contribution in [0.15, 0.2) is 108 Å². The van der Waals surface area contributed by atoms with Crippen LogP contribution in [0.1, 0.15) is 18.1 Å². The highest BCUT2D eigenvalue weighted by Crippen LogP contribution is 2.30. The van der Waals surface area contributed by atoms with E-state index in [4.69, 9.17) is 34.8 Å². The summed E-state index contributed by atoms with van der Waals surface area (Å²) in [7, 11) is -4.27. The van der Waals surface area contributed by atoms with Crippen molar-refractivity contribution in [2.75, 3.05) is 17.4 Å². The van der Waals surface area contributed by atoms with Gasteiger partial charge in [0.05, 0.1) is 10.6 Å². The number of nitrogens with zero attached hydrogens (tertiary/aromatic N) is 2. The van der Waals surface area contributed by atoms with E-state index in [1.54, 1.807) is 49.4 Å². The van der Waals surface area contributed by atoms with Crippen molar-refractivity contribution in [1.82, 2.24) is 10.2 Å². The van der Waals surface area contributed by atoms with Crippen LogP contribution in [0.25, 0.3) is 0 Å². The molecule has 0 aliphatic heterocycles. The summed E-state index contributed by atoms with van der Waals surface area (Å²) in [6, 6.07) is 27.4. The molecule has 0 radical (unpaired) electrons. The predicted molar refractivity (Wildman–Crippen MR) is 172 cm³/mol. The summed E-state index contributed by atoms with van der Waals surface area (Å²) >= 11 is 19.0. The van der Waals surface area contributed by atoms with Crippen molar-refractivity contribution in [3.63, 3.8) is 0 Å². The highest BCUT2D eigenvalue weighted by atomic mass is 35.5. The van der Waals surface area contributed by atoms with Gasteiger partial charge in [0, 0.05) is 34.6 Å². The number of nitrogens with one attached hydrogen (secondary N) is 1. The van der Waals surface area contributed by atoms with Gasteiger partial charge in [-0.1, -0.05) is 102 Å². The van der Waals surface area contributed by atoms with E-state index in [9.17, 15) is 18.0 Å². The first-order valence-corrected chi connectivity index (χ1v) is 16.1. The van der Waals surface area contributed by atoms with Gasteiger partial charge in [0.25, 0.3) is 10.0 Å². The molecule has 1 atom stereocenters. The fourth-order valence-corrected chi connectivity index (χ4v) is 6.72. The molecule has 4 rings (SSSR count). The van der Waals surface area contributed by atoms with Gasteiger partial charge in [0.1, 0.15) is 12.6 Å². The number of hydrogen-bond donors (Lipinski definition) is 1. The second-order valence-corrected chi connectivity index (χ2v) is 12.8. The van der Waals surface area contributed by atoms with Crippen LogP contribution in [0.4, 0.5) is 5.69 Å². The monoisotopic (exact) mass is 657 g/mol. The molecule has 43 heavy (non-hydrogen) atoms. The third-order valence-electron chi connectivity index (χ3n) is 6.67. The summed E-state index contributed by atoms with van der Waals surface area (Å²) in [5, 5.41) is 3.62. The highest BCUT2D eigenvalue weighted by molar-refractivity contribution is 7.92. The molecule has 0 spiro atoms. The molecule has 0 aliphatic rings. The van der Waals surface area contributed by atoms with E-state index in [2.05, 4.69) is 5.32 Å². The molecule has 0 saturated heterocycles. The summed E-state index contributed by atoms with van der Waals surface area (Å²) in [5.74, 6) is -1.00. The normalized spacial score (nSPS) is 11.9. The van der Waals surface area contributed by atoms with E-state index >= 15 is 0 Å². The summed E-state index contributed by atoms with van der Waals surface area (Å²) in [4.78, 5) is 29.2. The third kappa shape index (κ3) is 8.30. The van der Waals surface area contributed by atoms with Crippen LogP contribution in [0.3, 0.4) is 0 Å². The molecular weight excluding hydrogens is 629 g/mol. The third-order valence-corrected chi connectivity index (χ3v) is 9.26. The van der Waals surface area contributed by atoms with E-state index in [0.29, 0.717) is 17.1 Å². The maximum absolute atomic E-state index is 14.4. The molecule has 4 aromatic rings. The Labute approximate surface area is 267 Å². The molecule has 224 valence electrons. The van der Waals surface area contributed by atoms with Crippen molar-refractivity contribution >= 4 is 62.3 Å². The Balaban J connectivity index is 1.82. The summed E-state index contributed by atoms with van der Waals surface area (Å²) in [6.07, 6.45) is 0.192. The van der Waals surface area contributed by atoms with Crippen molar-refractivity contribution in [1.29, 1.82) is 0 Å². The molecule has 0 unspecified atom stereocenters. The van der Waals surface area contributed by atoms with Gasteiger partial charge in [0.2, 0.25) is 11.8 Å². The Morgan fingerprint density at radius 1 is 0.814 bits per heavy atom. The second kappa shape index (κ2) is 14.8. The minimum Gasteiger partial charge on any atom is -0.355 e. The lowest BCUT2D eigenvalue weighted by molar-refractivity contribution is -0.140. The zero-order valence-corrected chi connectivity index (χ0v) is 26.4. The predicted octanol–water partition coefficient (Wildman–Crippen LogP) is 6.62. The number of sulfonamides is 1. The minimum atomic E-state index is -4.27. The fourth-order valence-electron chi connectivity index (χ4n) is 4.59. The topological polar surface area (TPSA) is 86.8 Å². The number of benzene rings is 4. The van der Waals surface area contributed by atoms with Crippen LogP contribution in [-0.2, 0) is 32.6 Å². The SMILES string of the molecule is CCNC(=O)[C@H](Cc1ccccc1)N(Cc1ccccc1Cl)C(=O)CN(c1cc(Cl)cc(Cl)c1)S(=O)(=O)c1ccccc1. The van der Waals surface area contributed by atoms with E-state index < -0.39 is 28.5 Å². The molecule has 0 bridgehead atoms. The molecule has 0 aliphatic carbocycles. The first-order chi connectivity index (χ1) is 20.6. The molecular formula is C32H30Cl3N3O4S. The van der Waals surface area contributed by atoms with Gasteiger partial charge in [-0.05, 0) is 54.4 Å². The number of rotatable bonds is 12. The maximum atomic E-state index is 14.4. The van der Waals surface area contributed by atoms with E-state index in [1.807, 2.05) is 30.3 Å². The summed E-state index contributed by atoms with van der Waals surface area (Å²) in [5.41, 5.74) is 1.53. The lowest BCUT2D eigenvalue weighted by atomic mass is 10.0. The maximum Gasteiger partial charge on any atom is 0.264 e. The second-order valence-electron chi connectivity index (χ2n) is 9.67. The number of halogens is 3. The highest BCUT2D eigenvalue weighted by Gasteiger charge is 2.35. The Bertz CT molecular complexity index is 1650. The molecule has 11 heteroatoms. The summed E-state index contributed by atoms with van der Waals surface area (Å²) < 4.78 is 28.9. The average molecular weight is 659 g/mol. The minimum absolute atomic E-state index is 0.0267. The molecule has 0 heterocycles. The van der Waals surface area contributed by atoms with Crippen LogP contribution in [0, 0.1) is 0 Å². The van der Waals surface area contributed by atoms with Crippen LogP contribution < -0.4 is 9.62 Å². The smallest absolute Gasteiger partial charge is 0.264 e. The van der Waals surface area contributed by atoms with Crippen molar-refractivity contribution < 1.29 is 18.0 Å². The number of likely N-dealkylation sites (N-methyl/N-ethyl adjacent to an activating group) is 1. The van der Waals surface area contributed by atoms with E-state index in [0.717, 1.165) is 9.87 Å². The zero-order chi connectivity index (χ0) is 31.0. The van der Waals surface area contributed by atoms with E-state index in [-0.39, 0.29) is 39.5 Å². The van der Waals surface area contributed by atoms with E-state index in [1.165, 1.54) is 35.2 Å². The first kappa shape index (κ1) is 32.4. The molecule has 7 nitrogen and oxygen atoms in total. The summed E-state index contributed by atoms with van der Waals surface area (Å²) in [6.45, 7) is 1.45. The van der Waals surface area contributed by atoms with Gasteiger partial charge in [-0.25, -0.2) is 8.42 Å². The standard InChI is InChI=1S/C32H30Cl3N3O4S/c1-2-36-32(40)30(17-23-11-5-3-6-12-23)37(21-24-13-9-10-16-29(24)35)31(39)22-38(27-19-25(33)18-26(34)20-27)43(41,42)28-14-7-4-8-15-28/h3-16,18-20,30H,2,17,21-22H2,1H3,(H,36,40)/t30-/m0/s1. The number of carbonyl (C=O) groups excluding carboxylic acids is 2. The van der Waals surface area contributed by atoms with Gasteiger partial charge in [-0.2, -0.15) is 0 Å². The zero-order valence-electron chi connectivity index (χ0n) is 23.3. The van der Waals surface area contributed by atoms with Crippen LogP contribution in [0.5, 0.6) is 0 Å². The van der Waals surface area contributed by atoms with Crippen LogP contribution >= 0.6 is 34.8 Å². The number of carbonyl (C=O) groups is 2. The van der Waals surface area contributed by atoms with Gasteiger partial charge in [-0.3, -0.25) is 13.9 Å². The van der Waals surface area contributed by atoms with Gasteiger partial charge < -0.3 is 10.2 Å². The molecule has 4 aromatic carbocycles. The van der Waals surface area contributed by atoms with Crippen LogP contribution in [0.2, 0.25) is 15.1 Å². The Hall–Kier alpha value is -3.56. The van der Waals surface area contributed by atoms with Gasteiger partial charge in [0.15, 0.2) is 0 Å². The lowest BCUT2D eigenvalue weighted by Gasteiger charge is -2.34. The van der Waals surface area contributed by atoms with Gasteiger partial charge >= 0.3 is 0 Å². The molecule has 2 amide bonds. The largest absolute Gasteiger partial charge is 0.355 e. The van der Waals surface area contributed by atoms with Crippen LogP contribution in [-0.4, -0.2) is 44.3 Å². The number of anilines is 1. The molecule has 1 N–H and O–H groups in total. The Morgan fingerprint density at radius 3 is 2.00 bits per heavy atom. The quantitative estimate of drug-likeness (QED) is 0.185. The molecule has 0 aromatic heterocycles. The molecule has 0 fully saturated rings. The van der Waals surface area contributed by atoms with Crippen molar-refractivity contribution in [2.45, 2.75) is 30.8 Å². The Kier molecular flexibility index (Phi) is 11.1. The average Bonchev–Trinajstić information content (AvgIpc) is 2.99. The number of amides is 2. The molecule has 0 saturated carbocycles. The number of hydrogen-bond acceptors (Lipinski definition) is 4. The Morgan fingerprint density at radius 2 is 1.40 bits per heavy atom. The lowest BCUT2D eigenvalue weighted by Crippen LogP contribution is -2.53. The fraction of sp³-hybridized carbons (Fsp3) is 0.188. The van der Waals surface area contributed by atoms with Crippen molar-refractivity contribution in [2.24, 2.45) is 0 Å². The van der Waals surface area contributed by atoms with Crippen molar-refractivity contribution in [3.8, 4) is 0 Å². The first-order valence-electron chi connectivity index (χ1n) is 13.5. The van der Waals surface area contributed by atoms with Gasteiger partial charge in [-0.15, -0.1) is 0 Å². The van der Waals surface area contributed by atoms with Crippen molar-refractivity contribution in [3.05, 3.63) is 129 Å².